The predicted molar refractivity (Wildman–Crippen MR) is 59.4 cm³/mol. The molecule has 0 spiro atoms. The Morgan fingerprint density at radius 2 is 1.94 bits per heavy atom. The van der Waals surface area contributed by atoms with Gasteiger partial charge < -0.3 is 4.74 Å². The van der Waals surface area contributed by atoms with Gasteiger partial charge in [-0.25, -0.2) is 14.4 Å². The first kappa shape index (κ1) is 11.2. The summed E-state index contributed by atoms with van der Waals surface area (Å²) in [6.07, 6.45) is 1.92. The maximum absolute atomic E-state index is 12.8. The van der Waals surface area contributed by atoms with Gasteiger partial charge in [0.2, 0.25) is 5.88 Å². The van der Waals surface area contributed by atoms with E-state index in [4.69, 9.17) is 4.74 Å². The summed E-state index contributed by atoms with van der Waals surface area (Å²) in [6, 6.07) is 5.70. The number of aldehydes is 1. The number of ether oxygens (including phenoxy) is 1. The first-order chi connectivity index (χ1) is 8.26. The number of hydrogen-bond acceptors (Lipinski definition) is 4. The third kappa shape index (κ3) is 2.13. The van der Waals surface area contributed by atoms with Crippen molar-refractivity contribution in [2.24, 2.45) is 0 Å². The monoisotopic (exact) mass is 232 g/mol. The molecule has 0 aliphatic heterocycles. The van der Waals surface area contributed by atoms with Crippen LogP contribution in [0.2, 0.25) is 0 Å². The van der Waals surface area contributed by atoms with Crippen LogP contribution in [-0.4, -0.2) is 23.4 Å². The van der Waals surface area contributed by atoms with E-state index in [0.717, 1.165) is 0 Å². The van der Waals surface area contributed by atoms with Crippen LogP contribution in [0, 0.1) is 5.82 Å². The van der Waals surface area contributed by atoms with E-state index < -0.39 is 0 Å². The first-order valence-corrected chi connectivity index (χ1v) is 4.86. The molecule has 0 unspecified atom stereocenters. The average molecular weight is 232 g/mol. The summed E-state index contributed by atoms with van der Waals surface area (Å²) in [5.41, 5.74) is 1.31. The van der Waals surface area contributed by atoms with E-state index in [1.54, 1.807) is 12.1 Å². The average Bonchev–Trinajstić information content (AvgIpc) is 2.38. The van der Waals surface area contributed by atoms with Gasteiger partial charge in [0, 0.05) is 5.56 Å². The molecule has 0 saturated carbocycles. The van der Waals surface area contributed by atoms with Crippen molar-refractivity contribution in [1.82, 2.24) is 9.97 Å². The zero-order valence-corrected chi connectivity index (χ0v) is 9.05. The zero-order valence-electron chi connectivity index (χ0n) is 9.05. The SMILES string of the molecule is COc1ncnc(-c2ccc(F)cc2)c1C=O. The van der Waals surface area contributed by atoms with Crippen LogP contribution >= 0.6 is 0 Å². The maximum atomic E-state index is 12.8. The number of aromatic nitrogens is 2. The number of methoxy groups -OCH3 is 1. The van der Waals surface area contributed by atoms with E-state index in [0.29, 0.717) is 17.5 Å². The van der Waals surface area contributed by atoms with Crippen LogP contribution in [0.4, 0.5) is 4.39 Å². The highest BCUT2D eigenvalue weighted by molar-refractivity contribution is 5.88. The molecule has 0 fully saturated rings. The van der Waals surface area contributed by atoms with Crippen LogP contribution in [0.5, 0.6) is 5.88 Å². The van der Waals surface area contributed by atoms with Crippen LogP contribution in [0.15, 0.2) is 30.6 Å². The molecule has 0 amide bonds. The standard InChI is InChI=1S/C12H9FN2O2/c1-17-12-10(6-16)11(14-7-15-12)8-2-4-9(13)5-3-8/h2-7H,1H3. The molecule has 1 aromatic carbocycles. The lowest BCUT2D eigenvalue weighted by Crippen LogP contribution is -1.99. The summed E-state index contributed by atoms with van der Waals surface area (Å²) in [5.74, 6) is -0.142. The van der Waals surface area contributed by atoms with Gasteiger partial charge in [-0.1, -0.05) is 0 Å². The third-order valence-electron chi connectivity index (χ3n) is 2.28. The highest BCUT2D eigenvalue weighted by Gasteiger charge is 2.12. The Balaban J connectivity index is 2.58. The van der Waals surface area contributed by atoms with Crippen molar-refractivity contribution in [2.75, 3.05) is 7.11 Å². The van der Waals surface area contributed by atoms with Crippen LogP contribution in [0.25, 0.3) is 11.3 Å². The molecular formula is C12H9FN2O2. The van der Waals surface area contributed by atoms with Crippen LogP contribution in [-0.2, 0) is 0 Å². The van der Waals surface area contributed by atoms with Gasteiger partial charge in [0.25, 0.3) is 0 Å². The van der Waals surface area contributed by atoms with Gasteiger partial charge in [0.05, 0.1) is 12.8 Å². The summed E-state index contributed by atoms with van der Waals surface area (Å²) in [7, 11) is 1.42. The van der Waals surface area contributed by atoms with E-state index in [1.807, 2.05) is 0 Å². The molecule has 0 aliphatic rings. The van der Waals surface area contributed by atoms with Crippen molar-refractivity contribution < 1.29 is 13.9 Å². The summed E-state index contributed by atoms with van der Waals surface area (Å²) in [6.45, 7) is 0. The molecular weight excluding hydrogens is 223 g/mol. The molecule has 17 heavy (non-hydrogen) atoms. The highest BCUT2D eigenvalue weighted by Crippen LogP contribution is 2.25. The Bertz CT molecular complexity index is 541. The van der Waals surface area contributed by atoms with Crippen molar-refractivity contribution in [2.45, 2.75) is 0 Å². The molecule has 0 bridgehead atoms. The molecule has 2 rings (SSSR count). The molecule has 2 aromatic rings. The second-order valence-electron chi connectivity index (χ2n) is 3.27. The van der Waals surface area contributed by atoms with Crippen LogP contribution in [0.1, 0.15) is 10.4 Å². The van der Waals surface area contributed by atoms with Gasteiger partial charge in [0.15, 0.2) is 6.29 Å². The summed E-state index contributed by atoms with van der Waals surface area (Å²) < 4.78 is 17.8. The fourth-order valence-electron chi connectivity index (χ4n) is 1.49. The normalized spacial score (nSPS) is 10.0. The van der Waals surface area contributed by atoms with Crippen molar-refractivity contribution in [3.05, 3.63) is 42.0 Å². The number of nitrogens with zero attached hydrogens (tertiary/aromatic N) is 2. The number of rotatable bonds is 3. The number of carbonyl (C=O) groups excluding carboxylic acids is 1. The fourth-order valence-corrected chi connectivity index (χ4v) is 1.49. The van der Waals surface area contributed by atoms with Gasteiger partial charge in [-0.3, -0.25) is 4.79 Å². The smallest absolute Gasteiger partial charge is 0.227 e. The summed E-state index contributed by atoms with van der Waals surface area (Å²) in [5, 5.41) is 0. The molecule has 1 heterocycles. The zero-order chi connectivity index (χ0) is 12.3. The lowest BCUT2D eigenvalue weighted by atomic mass is 10.1. The minimum absolute atomic E-state index is 0.203. The van der Waals surface area contributed by atoms with Gasteiger partial charge in [-0.2, -0.15) is 0 Å². The van der Waals surface area contributed by atoms with Gasteiger partial charge >= 0.3 is 0 Å². The van der Waals surface area contributed by atoms with E-state index in [-0.39, 0.29) is 17.3 Å². The van der Waals surface area contributed by atoms with Crippen molar-refractivity contribution >= 4 is 6.29 Å². The Labute approximate surface area is 97.1 Å². The molecule has 0 aliphatic carbocycles. The molecule has 0 saturated heterocycles. The number of hydrogen-bond donors (Lipinski definition) is 0. The molecule has 86 valence electrons. The second kappa shape index (κ2) is 4.69. The van der Waals surface area contributed by atoms with Gasteiger partial charge in [0.1, 0.15) is 17.7 Å². The molecule has 5 heteroatoms. The third-order valence-corrected chi connectivity index (χ3v) is 2.28. The quantitative estimate of drug-likeness (QED) is 0.760. The van der Waals surface area contributed by atoms with Crippen molar-refractivity contribution in [3.8, 4) is 17.1 Å². The van der Waals surface area contributed by atoms with Crippen molar-refractivity contribution in [3.63, 3.8) is 0 Å². The minimum atomic E-state index is -0.345. The molecule has 0 N–H and O–H groups in total. The summed E-state index contributed by atoms with van der Waals surface area (Å²) >= 11 is 0. The predicted octanol–water partition coefficient (Wildman–Crippen LogP) is 2.10. The van der Waals surface area contributed by atoms with E-state index >= 15 is 0 Å². The lowest BCUT2D eigenvalue weighted by Gasteiger charge is -2.06. The Morgan fingerprint density at radius 1 is 1.24 bits per heavy atom. The molecule has 1 aromatic heterocycles. The van der Waals surface area contributed by atoms with Crippen LogP contribution in [0.3, 0.4) is 0 Å². The molecule has 0 radical (unpaired) electrons. The Morgan fingerprint density at radius 3 is 2.53 bits per heavy atom. The van der Waals surface area contributed by atoms with E-state index in [1.165, 1.54) is 25.6 Å². The maximum Gasteiger partial charge on any atom is 0.227 e. The van der Waals surface area contributed by atoms with E-state index in [2.05, 4.69) is 9.97 Å². The molecule has 4 nitrogen and oxygen atoms in total. The van der Waals surface area contributed by atoms with Crippen LogP contribution < -0.4 is 4.74 Å². The number of carbonyl (C=O) groups is 1. The Hall–Kier alpha value is -2.30. The fraction of sp³-hybridized carbons (Fsp3) is 0.0833. The largest absolute Gasteiger partial charge is 0.480 e. The number of benzene rings is 1. The van der Waals surface area contributed by atoms with Gasteiger partial charge in [-0.05, 0) is 24.3 Å². The van der Waals surface area contributed by atoms with Gasteiger partial charge in [-0.15, -0.1) is 0 Å². The topological polar surface area (TPSA) is 52.1 Å². The molecule has 0 atom stereocenters. The Kier molecular flexibility index (Phi) is 3.09. The lowest BCUT2D eigenvalue weighted by molar-refractivity contribution is 0.112. The second-order valence-corrected chi connectivity index (χ2v) is 3.27. The van der Waals surface area contributed by atoms with Crippen molar-refractivity contribution in [1.29, 1.82) is 0 Å². The summed E-state index contributed by atoms with van der Waals surface area (Å²) in [4.78, 5) is 18.9. The first-order valence-electron chi connectivity index (χ1n) is 4.86. The van der Waals surface area contributed by atoms with E-state index in [9.17, 15) is 9.18 Å². The highest BCUT2D eigenvalue weighted by atomic mass is 19.1. The minimum Gasteiger partial charge on any atom is -0.480 e. The number of halogens is 1.